The molecule has 0 radical (unpaired) electrons. The van der Waals surface area contributed by atoms with E-state index in [2.05, 4.69) is 103 Å². The van der Waals surface area contributed by atoms with Crippen molar-refractivity contribution in [2.24, 2.45) is 0 Å². The van der Waals surface area contributed by atoms with Crippen LogP contribution in [0.1, 0.15) is 22.5 Å². The standard InChI is InChI=1S/C40H25N3O/c1-3-14-26(15-4-1)37-41-38(27-16-5-2-6-17-27)43-39(42-37)40(31-21-10-7-18-28(31)29-19-8-11-22-32(29)40)33-23-13-25-35-36(33)30-20-9-12-24-34(30)44-35/h1-25H. The van der Waals surface area contributed by atoms with Crippen molar-refractivity contribution >= 4 is 21.9 Å². The Hall–Kier alpha value is -5.87. The summed E-state index contributed by atoms with van der Waals surface area (Å²) < 4.78 is 6.44. The maximum Gasteiger partial charge on any atom is 0.163 e. The van der Waals surface area contributed by atoms with Crippen molar-refractivity contribution in [3.8, 4) is 33.9 Å². The quantitative estimate of drug-likeness (QED) is 0.214. The molecule has 8 aromatic rings. The molecular formula is C40H25N3O. The number of furan rings is 1. The molecule has 4 heteroatoms. The molecule has 0 unspecified atom stereocenters. The summed E-state index contributed by atoms with van der Waals surface area (Å²) in [6.07, 6.45) is 0. The summed E-state index contributed by atoms with van der Waals surface area (Å²) >= 11 is 0. The highest BCUT2D eigenvalue weighted by Crippen LogP contribution is 2.57. The molecule has 0 aliphatic heterocycles. The maximum absolute atomic E-state index is 6.44. The van der Waals surface area contributed by atoms with Crippen LogP contribution in [0.5, 0.6) is 0 Å². The second-order valence-electron chi connectivity index (χ2n) is 11.2. The van der Waals surface area contributed by atoms with Gasteiger partial charge < -0.3 is 4.42 Å². The molecule has 0 saturated carbocycles. The summed E-state index contributed by atoms with van der Waals surface area (Å²) in [6, 6.07) is 52.3. The summed E-state index contributed by atoms with van der Waals surface area (Å²) in [7, 11) is 0. The summed E-state index contributed by atoms with van der Waals surface area (Å²) in [6.45, 7) is 0. The Labute approximate surface area is 254 Å². The number of hydrogen-bond donors (Lipinski definition) is 0. The molecular weight excluding hydrogens is 538 g/mol. The molecule has 6 aromatic carbocycles. The molecule has 0 atom stereocenters. The van der Waals surface area contributed by atoms with Crippen molar-refractivity contribution < 1.29 is 4.42 Å². The Kier molecular flexibility index (Phi) is 5.38. The molecule has 1 aliphatic rings. The van der Waals surface area contributed by atoms with Crippen LogP contribution in [-0.4, -0.2) is 15.0 Å². The molecule has 0 spiro atoms. The van der Waals surface area contributed by atoms with E-state index in [9.17, 15) is 0 Å². The van der Waals surface area contributed by atoms with Gasteiger partial charge in [0.25, 0.3) is 0 Å². The van der Waals surface area contributed by atoms with E-state index < -0.39 is 5.41 Å². The first-order chi connectivity index (χ1) is 21.8. The van der Waals surface area contributed by atoms with Crippen LogP contribution in [-0.2, 0) is 5.41 Å². The van der Waals surface area contributed by atoms with Gasteiger partial charge >= 0.3 is 0 Å². The Balaban J connectivity index is 1.48. The second kappa shape index (κ2) is 9.58. The molecule has 9 rings (SSSR count). The number of benzene rings is 6. The third kappa shape index (κ3) is 3.48. The van der Waals surface area contributed by atoms with Gasteiger partial charge in [-0.15, -0.1) is 0 Å². The van der Waals surface area contributed by atoms with Crippen molar-refractivity contribution in [3.05, 3.63) is 174 Å². The van der Waals surface area contributed by atoms with E-state index in [-0.39, 0.29) is 0 Å². The van der Waals surface area contributed by atoms with E-state index in [1.807, 2.05) is 48.5 Å². The Morgan fingerprint density at radius 2 is 0.909 bits per heavy atom. The predicted molar refractivity (Wildman–Crippen MR) is 175 cm³/mol. The monoisotopic (exact) mass is 563 g/mol. The lowest BCUT2D eigenvalue weighted by molar-refractivity contribution is 0.665. The van der Waals surface area contributed by atoms with Crippen LogP contribution in [0.15, 0.2) is 156 Å². The Morgan fingerprint density at radius 3 is 1.55 bits per heavy atom. The summed E-state index contributed by atoms with van der Waals surface area (Å²) in [4.78, 5) is 15.8. The third-order valence-electron chi connectivity index (χ3n) is 8.79. The summed E-state index contributed by atoms with van der Waals surface area (Å²) in [5, 5.41) is 2.14. The fourth-order valence-electron chi connectivity index (χ4n) is 6.95. The van der Waals surface area contributed by atoms with Gasteiger partial charge in [-0.25, -0.2) is 15.0 Å². The van der Waals surface area contributed by atoms with Crippen LogP contribution in [0.2, 0.25) is 0 Å². The van der Waals surface area contributed by atoms with Crippen molar-refractivity contribution in [2.45, 2.75) is 5.41 Å². The number of nitrogens with zero attached hydrogens (tertiary/aromatic N) is 3. The molecule has 2 heterocycles. The zero-order valence-corrected chi connectivity index (χ0v) is 23.7. The van der Waals surface area contributed by atoms with Crippen molar-refractivity contribution in [1.82, 2.24) is 15.0 Å². The molecule has 0 amide bonds. The van der Waals surface area contributed by atoms with Crippen molar-refractivity contribution in [3.63, 3.8) is 0 Å². The van der Waals surface area contributed by atoms with Crippen LogP contribution in [0.25, 0.3) is 55.8 Å². The minimum Gasteiger partial charge on any atom is -0.456 e. The molecule has 206 valence electrons. The van der Waals surface area contributed by atoms with Gasteiger partial charge in [-0.05, 0) is 39.9 Å². The van der Waals surface area contributed by atoms with Gasteiger partial charge in [-0.1, -0.05) is 140 Å². The summed E-state index contributed by atoms with van der Waals surface area (Å²) in [5.41, 5.74) is 8.46. The van der Waals surface area contributed by atoms with Crippen LogP contribution >= 0.6 is 0 Å². The topological polar surface area (TPSA) is 51.8 Å². The molecule has 0 saturated heterocycles. The van der Waals surface area contributed by atoms with Crippen molar-refractivity contribution in [1.29, 1.82) is 0 Å². The average molecular weight is 564 g/mol. The highest BCUT2D eigenvalue weighted by molar-refractivity contribution is 6.08. The van der Waals surface area contributed by atoms with Gasteiger partial charge in [0, 0.05) is 21.9 Å². The fourth-order valence-corrected chi connectivity index (χ4v) is 6.95. The lowest BCUT2D eigenvalue weighted by Gasteiger charge is -2.32. The average Bonchev–Trinajstić information content (AvgIpc) is 3.63. The first-order valence-corrected chi connectivity index (χ1v) is 14.8. The largest absolute Gasteiger partial charge is 0.456 e. The van der Waals surface area contributed by atoms with Gasteiger partial charge in [0.1, 0.15) is 16.6 Å². The highest BCUT2D eigenvalue weighted by atomic mass is 16.3. The van der Waals surface area contributed by atoms with E-state index in [1.165, 1.54) is 11.1 Å². The van der Waals surface area contributed by atoms with Crippen LogP contribution in [0.4, 0.5) is 0 Å². The fraction of sp³-hybridized carbons (Fsp3) is 0.0250. The molecule has 44 heavy (non-hydrogen) atoms. The third-order valence-corrected chi connectivity index (χ3v) is 8.79. The summed E-state index contributed by atoms with van der Waals surface area (Å²) in [5.74, 6) is 1.96. The lowest BCUT2D eigenvalue weighted by Crippen LogP contribution is -2.32. The van der Waals surface area contributed by atoms with Crippen LogP contribution < -0.4 is 0 Å². The van der Waals surface area contributed by atoms with E-state index in [0.717, 1.165) is 49.8 Å². The smallest absolute Gasteiger partial charge is 0.163 e. The van der Waals surface area contributed by atoms with Gasteiger partial charge in [0.2, 0.25) is 0 Å². The SMILES string of the molecule is c1ccc(-c2nc(-c3ccccc3)nc(C3(c4cccc5oc6ccccc6c45)c4ccccc4-c4ccccc43)n2)cc1. The van der Waals surface area contributed by atoms with E-state index in [1.54, 1.807) is 0 Å². The van der Waals surface area contributed by atoms with Crippen LogP contribution in [0.3, 0.4) is 0 Å². The van der Waals surface area contributed by atoms with Crippen molar-refractivity contribution in [2.75, 3.05) is 0 Å². The lowest BCUT2D eigenvalue weighted by atomic mass is 9.70. The number of rotatable bonds is 4. The van der Waals surface area contributed by atoms with E-state index in [0.29, 0.717) is 17.5 Å². The number of hydrogen-bond acceptors (Lipinski definition) is 4. The first kappa shape index (κ1) is 24.7. The van der Waals surface area contributed by atoms with Gasteiger partial charge in [-0.3, -0.25) is 0 Å². The molecule has 0 bridgehead atoms. The predicted octanol–water partition coefficient (Wildman–Crippen LogP) is 9.47. The second-order valence-corrected chi connectivity index (χ2v) is 11.2. The number of fused-ring (bicyclic) bond motifs is 6. The van der Waals surface area contributed by atoms with Gasteiger partial charge in [0.05, 0.1) is 0 Å². The number of aromatic nitrogens is 3. The molecule has 0 fully saturated rings. The number of para-hydroxylation sites is 1. The molecule has 2 aromatic heterocycles. The zero-order chi connectivity index (χ0) is 29.1. The minimum atomic E-state index is -0.838. The van der Waals surface area contributed by atoms with Gasteiger partial charge in [-0.2, -0.15) is 0 Å². The Bertz CT molecular complexity index is 2240. The van der Waals surface area contributed by atoms with E-state index >= 15 is 0 Å². The maximum atomic E-state index is 6.44. The van der Waals surface area contributed by atoms with Crippen LogP contribution in [0, 0.1) is 0 Å². The van der Waals surface area contributed by atoms with E-state index in [4.69, 9.17) is 19.4 Å². The van der Waals surface area contributed by atoms with Gasteiger partial charge in [0.15, 0.2) is 17.5 Å². The molecule has 0 N–H and O–H groups in total. The zero-order valence-electron chi connectivity index (χ0n) is 23.7. The minimum absolute atomic E-state index is 0.639. The Morgan fingerprint density at radius 1 is 0.409 bits per heavy atom. The first-order valence-electron chi connectivity index (χ1n) is 14.8. The highest BCUT2D eigenvalue weighted by Gasteiger charge is 2.50. The molecule has 4 nitrogen and oxygen atoms in total. The normalized spacial score (nSPS) is 13.2. The molecule has 1 aliphatic carbocycles.